The predicted molar refractivity (Wildman–Crippen MR) is 75.3 cm³/mol. The summed E-state index contributed by atoms with van der Waals surface area (Å²) in [7, 11) is 2.05. The Morgan fingerprint density at radius 1 is 1.44 bits per heavy atom. The van der Waals surface area contributed by atoms with Crippen molar-refractivity contribution in [3.8, 4) is 0 Å². The molecule has 1 aromatic heterocycles. The van der Waals surface area contributed by atoms with Gasteiger partial charge in [-0.25, -0.2) is 9.97 Å². The Morgan fingerprint density at radius 3 is 2.89 bits per heavy atom. The number of rotatable bonds is 3. The van der Waals surface area contributed by atoms with E-state index < -0.39 is 0 Å². The molecule has 18 heavy (non-hydrogen) atoms. The molecule has 1 fully saturated rings. The van der Waals surface area contributed by atoms with Gasteiger partial charge in [0, 0.05) is 44.8 Å². The molecule has 0 saturated carbocycles. The highest BCUT2D eigenvalue weighted by atomic mass is 15.3. The first-order valence-electron chi connectivity index (χ1n) is 6.55. The summed E-state index contributed by atoms with van der Waals surface area (Å²) < 4.78 is 0. The highest BCUT2D eigenvalue weighted by molar-refractivity contribution is 5.50. The fourth-order valence-corrected chi connectivity index (χ4v) is 2.22. The van der Waals surface area contributed by atoms with Crippen molar-refractivity contribution in [2.24, 2.45) is 0 Å². The van der Waals surface area contributed by atoms with Crippen LogP contribution >= 0.6 is 0 Å². The molecule has 0 aromatic carbocycles. The monoisotopic (exact) mass is 249 g/mol. The van der Waals surface area contributed by atoms with E-state index in [4.69, 9.17) is 0 Å². The molecule has 0 aliphatic carbocycles. The molecule has 2 heterocycles. The van der Waals surface area contributed by atoms with Crippen LogP contribution in [0.25, 0.3) is 0 Å². The highest BCUT2D eigenvalue weighted by Crippen LogP contribution is 2.20. The fraction of sp³-hybridized carbons (Fsp3) is 0.692. The Bertz CT molecular complexity index is 404. The van der Waals surface area contributed by atoms with E-state index in [1.807, 2.05) is 7.05 Å². The first-order chi connectivity index (χ1) is 8.52. The number of nitrogens with one attached hydrogen (secondary N) is 1. The lowest BCUT2D eigenvalue weighted by molar-refractivity contribution is 0.351. The molecule has 0 amide bonds. The molecule has 0 unspecified atom stereocenters. The standard InChI is InChI=1S/C13H23N5/c1-5-17(4)11-8-12(15-10-14-11)18-7-6-16-13(2,3)9-18/h8,10,16H,5-7,9H2,1-4H3. The Balaban J connectivity index is 2.18. The van der Waals surface area contributed by atoms with Crippen LogP contribution in [0.2, 0.25) is 0 Å². The Hall–Kier alpha value is -1.36. The predicted octanol–water partition coefficient (Wildman–Crippen LogP) is 1.12. The van der Waals surface area contributed by atoms with Gasteiger partial charge >= 0.3 is 0 Å². The summed E-state index contributed by atoms with van der Waals surface area (Å²) in [6.07, 6.45) is 1.66. The maximum atomic E-state index is 4.41. The summed E-state index contributed by atoms with van der Waals surface area (Å²) in [5.41, 5.74) is 0.139. The molecule has 0 spiro atoms. The van der Waals surface area contributed by atoms with Crippen LogP contribution in [0.4, 0.5) is 11.6 Å². The van der Waals surface area contributed by atoms with Crippen molar-refractivity contribution in [2.45, 2.75) is 26.3 Å². The van der Waals surface area contributed by atoms with Gasteiger partial charge in [-0.2, -0.15) is 0 Å². The van der Waals surface area contributed by atoms with Gasteiger partial charge in [-0.1, -0.05) is 0 Å². The quantitative estimate of drug-likeness (QED) is 0.869. The molecule has 1 aromatic rings. The van der Waals surface area contributed by atoms with Crippen molar-refractivity contribution in [2.75, 3.05) is 43.0 Å². The third-order valence-electron chi connectivity index (χ3n) is 3.40. The van der Waals surface area contributed by atoms with Gasteiger partial charge in [-0.3, -0.25) is 0 Å². The van der Waals surface area contributed by atoms with Crippen molar-refractivity contribution in [1.82, 2.24) is 15.3 Å². The molecule has 0 atom stereocenters. The molecule has 1 saturated heterocycles. The smallest absolute Gasteiger partial charge is 0.134 e. The summed E-state index contributed by atoms with van der Waals surface area (Å²) >= 11 is 0. The van der Waals surface area contributed by atoms with E-state index in [1.54, 1.807) is 6.33 Å². The fourth-order valence-electron chi connectivity index (χ4n) is 2.22. The Labute approximate surface area is 109 Å². The minimum atomic E-state index is 0.139. The average molecular weight is 249 g/mol. The Kier molecular flexibility index (Phi) is 3.71. The molecule has 1 aliphatic heterocycles. The summed E-state index contributed by atoms with van der Waals surface area (Å²) in [4.78, 5) is 13.2. The van der Waals surface area contributed by atoms with Gasteiger partial charge in [0.25, 0.3) is 0 Å². The molecular formula is C13H23N5. The van der Waals surface area contributed by atoms with E-state index in [1.165, 1.54) is 0 Å². The molecular weight excluding hydrogens is 226 g/mol. The second kappa shape index (κ2) is 5.10. The molecule has 0 radical (unpaired) electrons. The molecule has 100 valence electrons. The van der Waals surface area contributed by atoms with Gasteiger partial charge in [-0.05, 0) is 20.8 Å². The number of aromatic nitrogens is 2. The first kappa shape index (κ1) is 13.1. The molecule has 5 nitrogen and oxygen atoms in total. The van der Waals surface area contributed by atoms with E-state index >= 15 is 0 Å². The number of hydrogen-bond donors (Lipinski definition) is 1. The summed E-state index contributed by atoms with van der Waals surface area (Å²) in [5.74, 6) is 2.01. The maximum Gasteiger partial charge on any atom is 0.134 e. The number of anilines is 2. The summed E-state index contributed by atoms with van der Waals surface area (Å²) in [5, 5.41) is 3.51. The van der Waals surface area contributed by atoms with Crippen molar-refractivity contribution in [3.63, 3.8) is 0 Å². The second-order valence-electron chi connectivity index (χ2n) is 5.48. The van der Waals surface area contributed by atoms with Gasteiger partial charge in [0.15, 0.2) is 0 Å². The number of nitrogens with zero attached hydrogens (tertiary/aromatic N) is 4. The van der Waals surface area contributed by atoms with Crippen molar-refractivity contribution < 1.29 is 0 Å². The van der Waals surface area contributed by atoms with E-state index in [0.29, 0.717) is 0 Å². The van der Waals surface area contributed by atoms with Crippen LogP contribution in [-0.2, 0) is 0 Å². The van der Waals surface area contributed by atoms with E-state index in [9.17, 15) is 0 Å². The van der Waals surface area contributed by atoms with Crippen LogP contribution in [0.5, 0.6) is 0 Å². The first-order valence-corrected chi connectivity index (χ1v) is 6.55. The lowest BCUT2D eigenvalue weighted by atomic mass is 10.0. The third kappa shape index (κ3) is 2.90. The minimum absolute atomic E-state index is 0.139. The van der Waals surface area contributed by atoms with Crippen LogP contribution in [0.15, 0.2) is 12.4 Å². The summed E-state index contributed by atoms with van der Waals surface area (Å²) in [6, 6.07) is 2.07. The van der Waals surface area contributed by atoms with Crippen molar-refractivity contribution >= 4 is 11.6 Å². The lowest BCUT2D eigenvalue weighted by Crippen LogP contribution is -2.57. The van der Waals surface area contributed by atoms with E-state index in [0.717, 1.165) is 37.8 Å². The lowest BCUT2D eigenvalue weighted by Gasteiger charge is -2.39. The second-order valence-corrected chi connectivity index (χ2v) is 5.48. The number of hydrogen-bond acceptors (Lipinski definition) is 5. The highest BCUT2D eigenvalue weighted by Gasteiger charge is 2.26. The number of piperazine rings is 1. The average Bonchev–Trinajstić information content (AvgIpc) is 2.37. The Morgan fingerprint density at radius 2 is 2.22 bits per heavy atom. The van der Waals surface area contributed by atoms with Crippen LogP contribution in [0.3, 0.4) is 0 Å². The molecule has 0 bridgehead atoms. The summed E-state index contributed by atoms with van der Waals surface area (Å²) in [6.45, 7) is 10.5. The van der Waals surface area contributed by atoms with Gasteiger partial charge in [0.2, 0.25) is 0 Å². The van der Waals surface area contributed by atoms with Gasteiger partial charge < -0.3 is 15.1 Å². The normalized spacial score (nSPS) is 18.8. The SMILES string of the molecule is CCN(C)c1cc(N2CCNC(C)(C)C2)ncn1. The molecule has 1 N–H and O–H groups in total. The van der Waals surface area contributed by atoms with E-state index in [2.05, 4.69) is 51.9 Å². The topological polar surface area (TPSA) is 44.3 Å². The zero-order valence-corrected chi connectivity index (χ0v) is 11.8. The zero-order valence-electron chi connectivity index (χ0n) is 11.8. The van der Waals surface area contributed by atoms with Gasteiger partial charge in [-0.15, -0.1) is 0 Å². The minimum Gasteiger partial charge on any atom is -0.360 e. The van der Waals surface area contributed by atoms with Crippen LogP contribution in [0, 0.1) is 0 Å². The molecule has 1 aliphatic rings. The van der Waals surface area contributed by atoms with Crippen molar-refractivity contribution in [1.29, 1.82) is 0 Å². The van der Waals surface area contributed by atoms with E-state index in [-0.39, 0.29) is 5.54 Å². The van der Waals surface area contributed by atoms with Crippen LogP contribution in [-0.4, -0.2) is 48.7 Å². The van der Waals surface area contributed by atoms with Crippen LogP contribution in [0.1, 0.15) is 20.8 Å². The van der Waals surface area contributed by atoms with Gasteiger partial charge in [0.05, 0.1) is 0 Å². The third-order valence-corrected chi connectivity index (χ3v) is 3.40. The zero-order chi connectivity index (χ0) is 13.2. The van der Waals surface area contributed by atoms with Crippen molar-refractivity contribution in [3.05, 3.63) is 12.4 Å². The molecule has 2 rings (SSSR count). The largest absolute Gasteiger partial charge is 0.360 e. The van der Waals surface area contributed by atoms with Crippen LogP contribution < -0.4 is 15.1 Å². The molecule has 5 heteroatoms. The maximum absolute atomic E-state index is 4.41. The van der Waals surface area contributed by atoms with Gasteiger partial charge in [0.1, 0.15) is 18.0 Å².